The van der Waals surface area contributed by atoms with Gasteiger partial charge in [0.15, 0.2) is 0 Å². The van der Waals surface area contributed by atoms with E-state index in [0.717, 1.165) is 0 Å². The molecule has 0 saturated carbocycles. The van der Waals surface area contributed by atoms with Crippen molar-refractivity contribution >= 4 is 25.9 Å². The Morgan fingerprint density at radius 1 is 1.20 bits per heavy atom. The van der Waals surface area contributed by atoms with Gasteiger partial charge in [-0.25, -0.2) is 4.79 Å². The summed E-state index contributed by atoms with van der Waals surface area (Å²) in [5.41, 5.74) is 1.06. The molecule has 0 heterocycles. The Morgan fingerprint density at radius 2 is 1.80 bits per heavy atom. The van der Waals surface area contributed by atoms with Gasteiger partial charge in [0.1, 0.15) is 0 Å². The van der Waals surface area contributed by atoms with Crippen LogP contribution in [0.25, 0.3) is 0 Å². The van der Waals surface area contributed by atoms with Crippen LogP contribution in [-0.2, 0) is 9.22 Å². The second kappa shape index (κ2) is 5.79. The summed E-state index contributed by atoms with van der Waals surface area (Å²) < 4.78 is 5.74. The number of hydrogen-bond acceptors (Lipinski definition) is 3. The van der Waals surface area contributed by atoms with E-state index in [1.807, 2.05) is 13.1 Å². The molecule has 0 unspecified atom stereocenters. The van der Waals surface area contributed by atoms with Crippen LogP contribution in [0.15, 0.2) is 24.3 Å². The Morgan fingerprint density at radius 3 is 2.30 bits per heavy atom. The maximum Gasteiger partial charge on any atom is 0.324 e. The molecule has 20 heavy (non-hydrogen) atoms. The highest BCUT2D eigenvalue weighted by atomic mass is 28.4. The van der Waals surface area contributed by atoms with Crippen molar-refractivity contribution in [1.82, 2.24) is 0 Å². The zero-order valence-corrected chi connectivity index (χ0v) is 14.0. The van der Waals surface area contributed by atoms with Gasteiger partial charge < -0.3 is 9.74 Å². The van der Waals surface area contributed by atoms with Crippen molar-refractivity contribution in [2.45, 2.75) is 45.8 Å². The summed E-state index contributed by atoms with van der Waals surface area (Å²) in [6.07, 6.45) is 0. The van der Waals surface area contributed by atoms with Crippen molar-refractivity contribution in [3.8, 4) is 0 Å². The van der Waals surface area contributed by atoms with Crippen LogP contribution in [0.5, 0.6) is 0 Å². The molecule has 1 amide bonds. The SMILES string of the molecule is CC(=O)Nc1cccc(C(=O)O[Si](C)(C)C(C)(C)C)c1. The predicted octanol–water partition coefficient (Wildman–Crippen LogP) is 3.81. The van der Waals surface area contributed by atoms with Crippen LogP contribution in [0.3, 0.4) is 0 Å². The second-order valence-electron chi connectivity index (χ2n) is 6.41. The quantitative estimate of drug-likeness (QED) is 0.862. The van der Waals surface area contributed by atoms with Gasteiger partial charge in [0.25, 0.3) is 8.32 Å². The number of carbonyl (C=O) groups excluding carboxylic acids is 2. The molecule has 0 aliphatic carbocycles. The Labute approximate surface area is 121 Å². The molecule has 1 N–H and O–H groups in total. The Hall–Kier alpha value is -1.62. The average molecular weight is 293 g/mol. The molecule has 1 rings (SSSR count). The van der Waals surface area contributed by atoms with E-state index >= 15 is 0 Å². The molecule has 5 heteroatoms. The Balaban J connectivity index is 2.91. The molecule has 110 valence electrons. The van der Waals surface area contributed by atoms with E-state index < -0.39 is 8.32 Å². The summed E-state index contributed by atoms with van der Waals surface area (Å²) in [5.74, 6) is -0.497. The Kier molecular flexibility index (Phi) is 4.75. The normalized spacial score (nSPS) is 11.9. The lowest BCUT2D eigenvalue weighted by Gasteiger charge is -2.35. The molecule has 0 aliphatic heterocycles. The van der Waals surface area contributed by atoms with Crippen molar-refractivity contribution in [3.63, 3.8) is 0 Å². The molecule has 4 nitrogen and oxygen atoms in total. The monoisotopic (exact) mass is 293 g/mol. The van der Waals surface area contributed by atoms with E-state index in [2.05, 4.69) is 26.1 Å². The lowest BCUT2D eigenvalue weighted by atomic mass is 10.2. The number of hydrogen-bond donors (Lipinski definition) is 1. The first-order chi connectivity index (χ1) is 9.03. The number of amides is 1. The van der Waals surface area contributed by atoms with Crippen molar-refractivity contribution < 1.29 is 14.0 Å². The van der Waals surface area contributed by atoms with Crippen molar-refractivity contribution in [2.24, 2.45) is 0 Å². The Bertz CT molecular complexity index is 518. The lowest BCUT2D eigenvalue weighted by Crippen LogP contribution is -2.42. The van der Waals surface area contributed by atoms with Crippen molar-refractivity contribution in [2.75, 3.05) is 5.32 Å². The van der Waals surface area contributed by atoms with Crippen molar-refractivity contribution in [1.29, 1.82) is 0 Å². The minimum Gasteiger partial charge on any atom is -0.516 e. The van der Waals surface area contributed by atoms with Crippen LogP contribution in [-0.4, -0.2) is 20.2 Å². The van der Waals surface area contributed by atoms with Gasteiger partial charge in [-0.15, -0.1) is 0 Å². The molecule has 0 spiro atoms. The third-order valence-electron chi connectivity index (χ3n) is 3.57. The van der Waals surface area contributed by atoms with Gasteiger partial charge in [0.2, 0.25) is 5.91 Å². The number of anilines is 1. The van der Waals surface area contributed by atoms with Gasteiger partial charge in [-0.1, -0.05) is 26.8 Å². The number of benzene rings is 1. The van der Waals surface area contributed by atoms with Crippen LogP contribution in [0.1, 0.15) is 38.1 Å². The first-order valence-corrected chi connectivity index (χ1v) is 9.55. The highest BCUT2D eigenvalue weighted by Crippen LogP contribution is 2.37. The smallest absolute Gasteiger partial charge is 0.324 e. The number of carbonyl (C=O) groups is 2. The highest BCUT2D eigenvalue weighted by Gasteiger charge is 2.40. The van der Waals surface area contributed by atoms with Crippen LogP contribution in [0, 0.1) is 0 Å². The fraction of sp³-hybridized carbons (Fsp3) is 0.467. The van der Waals surface area contributed by atoms with E-state index in [-0.39, 0.29) is 16.9 Å². The average Bonchev–Trinajstić information content (AvgIpc) is 2.26. The fourth-order valence-electron chi connectivity index (χ4n) is 1.37. The van der Waals surface area contributed by atoms with Crippen LogP contribution < -0.4 is 5.32 Å². The molecule has 1 aromatic carbocycles. The zero-order valence-electron chi connectivity index (χ0n) is 13.0. The van der Waals surface area contributed by atoms with E-state index in [1.165, 1.54) is 6.92 Å². The van der Waals surface area contributed by atoms with Crippen LogP contribution in [0.4, 0.5) is 5.69 Å². The van der Waals surface area contributed by atoms with Crippen molar-refractivity contribution in [3.05, 3.63) is 29.8 Å². The summed E-state index contributed by atoms with van der Waals surface area (Å²) in [6, 6.07) is 6.80. The molecule has 0 aromatic heterocycles. The fourth-order valence-corrected chi connectivity index (χ4v) is 2.26. The minimum absolute atomic E-state index is 0.0299. The summed E-state index contributed by atoms with van der Waals surface area (Å²) in [4.78, 5) is 23.3. The summed E-state index contributed by atoms with van der Waals surface area (Å²) in [5, 5.41) is 2.63. The summed E-state index contributed by atoms with van der Waals surface area (Å²) in [7, 11) is -2.14. The molecule has 0 atom stereocenters. The van der Waals surface area contributed by atoms with Gasteiger partial charge in [0, 0.05) is 12.6 Å². The molecule has 1 aromatic rings. The molecular formula is C15H23NO3Si. The third kappa shape index (κ3) is 4.20. The third-order valence-corrected chi connectivity index (χ3v) is 7.88. The van der Waals surface area contributed by atoms with Crippen LogP contribution in [0.2, 0.25) is 18.1 Å². The highest BCUT2D eigenvalue weighted by molar-refractivity contribution is 6.75. The van der Waals surface area contributed by atoms with Gasteiger partial charge in [-0.3, -0.25) is 4.79 Å². The van der Waals surface area contributed by atoms with Gasteiger partial charge in [-0.05, 0) is 36.3 Å². The zero-order chi connectivity index (χ0) is 15.6. The first-order valence-electron chi connectivity index (χ1n) is 6.64. The standard InChI is InChI=1S/C15H23NO3Si/c1-11(17)16-13-9-7-8-12(10-13)14(18)19-20(5,6)15(2,3)4/h7-10H,1-6H3,(H,16,17). The summed E-state index contributed by atoms with van der Waals surface area (Å²) in [6.45, 7) is 11.7. The molecule has 0 fully saturated rings. The largest absolute Gasteiger partial charge is 0.516 e. The van der Waals surface area contributed by atoms with Gasteiger partial charge >= 0.3 is 5.97 Å². The maximum atomic E-state index is 12.2. The molecule has 0 bridgehead atoms. The lowest BCUT2D eigenvalue weighted by molar-refractivity contribution is -0.114. The second-order valence-corrected chi connectivity index (χ2v) is 11.1. The van der Waals surface area contributed by atoms with E-state index in [1.54, 1.807) is 24.3 Å². The number of rotatable bonds is 3. The minimum atomic E-state index is -2.14. The molecule has 0 saturated heterocycles. The summed E-state index contributed by atoms with van der Waals surface area (Å²) >= 11 is 0. The first kappa shape index (κ1) is 16.4. The van der Waals surface area contributed by atoms with Gasteiger partial charge in [-0.2, -0.15) is 0 Å². The van der Waals surface area contributed by atoms with E-state index in [9.17, 15) is 9.59 Å². The maximum absolute atomic E-state index is 12.2. The number of nitrogens with one attached hydrogen (secondary N) is 1. The van der Waals surface area contributed by atoms with Crippen LogP contribution >= 0.6 is 0 Å². The van der Waals surface area contributed by atoms with E-state index in [4.69, 9.17) is 4.43 Å². The van der Waals surface area contributed by atoms with Gasteiger partial charge in [0.05, 0.1) is 5.56 Å². The molecular weight excluding hydrogens is 270 g/mol. The van der Waals surface area contributed by atoms with E-state index in [0.29, 0.717) is 11.3 Å². The topological polar surface area (TPSA) is 55.4 Å². The predicted molar refractivity (Wildman–Crippen MR) is 83.4 cm³/mol. The molecule has 0 aliphatic rings. The molecule has 0 radical (unpaired) electrons.